The molecule has 80 valence electrons. The molecule has 0 unspecified atom stereocenters. The van der Waals surface area contributed by atoms with Gasteiger partial charge in [0.15, 0.2) is 5.11 Å². The lowest BCUT2D eigenvalue weighted by Gasteiger charge is -2.09. The van der Waals surface area contributed by atoms with Crippen molar-refractivity contribution in [2.24, 2.45) is 0 Å². The van der Waals surface area contributed by atoms with Crippen LogP contribution in [0.4, 0.5) is 5.69 Å². The zero-order valence-electron chi connectivity index (χ0n) is 8.62. The predicted octanol–water partition coefficient (Wildman–Crippen LogP) is 2.86. The van der Waals surface area contributed by atoms with Crippen molar-refractivity contribution in [3.05, 3.63) is 24.3 Å². The molecule has 0 spiro atoms. The van der Waals surface area contributed by atoms with Crippen molar-refractivity contribution in [1.29, 1.82) is 0 Å². The topological polar surface area (TPSA) is 24.1 Å². The number of thiocarbonyl (C=S) groups is 1. The number of hydrogen-bond acceptors (Lipinski definition) is 2. The first-order chi connectivity index (χ1) is 7.28. The number of rotatable bonds is 3. The van der Waals surface area contributed by atoms with Crippen LogP contribution >= 0.6 is 24.0 Å². The lowest BCUT2D eigenvalue weighted by molar-refractivity contribution is 0.919. The Kier molecular flexibility index (Phi) is 3.49. The van der Waals surface area contributed by atoms with Crippen molar-refractivity contribution in [3.8, 4) is 0 Å². The van der Waals surface area contributed by atoms with Gasteiger partial charge in [0.2, 0.25) is 0 Å². The summed E-state index contributed by atoms with van der Waals surface area (Å²) in [4.78, 5) is 1.27. The van der Waals surface area contributed by atoms with Crippen LogP contribution in [0.25, 0.3) is 0 Å². The van der Waals surface area contributed by atoms with Gasteiger partial charge in [0, 0.05) is 16.6 Å². The Balaban J connectivity index is 1.88. The first-order valence-corrected chi connectivity index (χ1v) is 6.63. The lowest BCUT2D eigenvalue weighted by Crippen LogP contribution is -2.30. The highest BCUT2D eigenvalue weighted by molar-refractivity contribution is 7.98. The fourth-order valence-electron chi connectivity index (χ4n) is 1.25. The molecular weight excluding hydrogens is 224 g/mol. The van der Waals surface area contributed by atoms with Crippen LogP contribution in [0.5, 0.6) is 0 Å². The van der Waals surface area contributed by atoms with Gasteiger partial charge < -0.3 is 10.6 Å². The average Bonchev–Trinajstić information content (AvgIpc) is 3.03. The molecular formula is C11H14N2S2. The van der Waals surface area contributed by atoms with Crippen molar-refractivity contribution >= 4 is 34.8 Å². The molecule has 0 aromatic heterocycles. The molecule has 1 aliphatic rings. The van der Waals surface area contributed by atoms with E-state index in [0.29, 0.717) is 6.04 Å². The monoisotopic (exact) mass is 238 g/mol. The standard InChI is InChI=1S/C11H14N2S2/c1-15-10-6-4-9(5-7-10)13-11(14)12-8-2-3-8/h4-8H,2-3H2,1H3,(H2,12,13,14). The minimum Gasteiger partial charge on any atom is -0.360 e. The molecule has 1 aliphatic carbocycles. The van der Waals surface area contributed by atoms with Gasteiger partial charge in [0.25, 0.3) is 0 Å². The first-order valence-electron chi connectivity index (χ1n) is 4.99. The van der Waals surface area contributed by atoms with Gasteiger partial charge in [-0.2, -0.15) is 0 Å². The zero-order valence-corrected chi connectivity index (χ0v) is 10.3. The van der Waals surface area contributed by atoms with Crippen molar-refractivity contribution in [3.63, 3.8) is 0 Å². The molecule has 2 N–H and O–H groups in total. The Labute approximate surface area is 99.8 Å². The number of anilines is 1. The average molecular weight is 238 g/mol. The molecule has 0 heterocycles. The number of hydrogen-bond donors (Lipinski definition) is 2. The Hall–Kier alpha value is -0.740. The summed E-state index contributed by atoms with van der Waals surface area (Å²) >= 11 is 6.93. The predicted molar refractivity (Wildman–Crippen MR) is 70.6 cm³/mol. The molecule has 1 fully saturated rings. The second-order valence-electron chi connectivity index (χ2n) is 3.60. The maximum Gasteiger partial charge on any atom is 0.170 e. The van der Waals surface area contributed by atoms with E-state index in [4.69, 9.17) is 12.2 Å². The van der Waals surface area contributed by atoms with Crippen LogP contribution in [-0.4, -0.2) is 17.4 Å². The molecule has 15 heavy (non-hydrogen) atoms. The number of thioether (sulfide) groups is 1. The van der Waals surface area contributed by atoms with Crippen molar-refractivity contribution in [2.45, 2.75) is 23.8 Å². The maximum atomic E-state index is 5.19. The molecule has 2 rings (SSSR count). The SMILES string of the molecule is CSc1ccc(NC(=S)NC2CC2)cc1. The summed E-state index contributed by atoms with van der Waals surface area (Å²) in [6, 6.07) is 8.88. The molecule has 0 atom stereocenters. The van der Waals surface area contributed by atoms with E-state index < -0.39 is 0 Å². The molecule has 0 radical (unpaired) electrons. The van der Waals surface area contributed by atoms with Crippen LogP contribution in [0.2, 0.25) is 0 Å². The second kappa shape index (κ2) is 4.86. The zero-order chi connectivity index (χ0) is 10.7. The highest BCUT2D eigenvalue weighted by Crippen LogP contribution is 2.20. The van der Waals surface area contributed by atoms with Crippen LogP contribution in [0.15, 0.2) is 29.2 Å². The molecule has 2 nitrogen and oxygen atoms in total. The van der Waals surface area contributed by atoms with Gasteiger partial charge in [-0.15, -0.1) is 11.8 Å². The molecule has 0 aliphatic heterocycles. The highest BCUT2D eigenvalue weighted by Gasteiger charge is 2.21. The summed E-state index contributed by atoms with van der Waals surface area (Å²) in [6.45, 7) is 0. The molecule has 4 heteroatoms. The van der Waals surface area contributed by atoms with Gasteiger partial charge in [0.05, 0.1) is 0 Å². The first kappa shape index (κ1) is 10.8. The van der Waals surface area contributed by atoms with Crippen molar-refractivity contribution in [2.75, 3.05) is 11.6 Å². The minimum absolute atomic E-state index is 0.607. The second-order valence-corrected chi connectivity index (χ2v) is 4.89. The van der Waals surface area contributed by atoms with Gasteiger partial charge in [0.1, 0.15) is 0 Å². The largest absolute Gasteiger partial charge is 0.360 e. The molecule has 0 bridgehead atoms. The van der Waals surface area contributed by atoms with E-state index in [0.717, 1.165) is 10.8 Å². The third-order valence-corrected chi connectivity index (χ3v) is 3.22. The quantitative estimate of drug-likeness (QED) is 0.624. The number of nitrogens with one attached hydrogen (secondary N) is 2. The van der Waals surface area contributed by atoms with Gasteiger partial charge in [-0.05, 0) is 55.6 Å². The normalized spacial score (nSPS) is 14.7. The lowest BCUT2D eigenvalue weighted by atomic mass is 10.3. The van der Waals surface area contributed by atoms with Gasteiger partial charge in [-0.1, -0.05) is 0 Å². The van der Waals surface area contributed by atoms with E-state index in [2.05, 4.69) is 29.0 Å². The molecule has 1 aromatic rings. The summed E-state index contributed by atoms with van der Waals surface area (Å²) in [7, 11) is 0. The molecule has 0 saturated heterocycles. The maximum absolute atomic E-state index is 5.19. The summed E-state index contributed by atoms with van der Waals surface area (Å²) in [5.41, 5.74) is 1.05. The van der Waals surface area contributed by atoms with Crippen molar-refractivity contribution < 1.29 is 0 Å². The fourth-order valence-corrected chi connectivity index (χ4v) is 1.95. The highest BCUT2D eigenvalue weighted by atomic mass is 32.2. The van der Waals surface area contributed by atoms with Crippen LogP contribution in [0.1, 0.15) is 12.8 Å². The minimum atomic E-state index is 0.607. The summed E-state index contributed by atoms with van der Waals surface area (Å²) < 4.78 is 0. The van der Waals surface area contributed by atoms with Gasteiger partial charge in [-0.25, -0.2) is 0 Å². The van der Waals surface area contributed by atoms with Gasteiger partial charge in [-0.3, -0.25) is 0 Å². The van der Waals surface area contributed by atoms with E-state index >= 15 is 0 Å². The number of benzene rings is 1. The summed E-state index contributed by atoms with van der Waals surface area (Å²) in [6.07, 6.45) is 4.56. The third-order valence-electron chi connectivity index (χ3n) is 2.26. The summed E-state index contributed by atoms with van der Waals surface area (Å²) in [5.74, 6) is 0. The van der Waals surface area contributed by atoms with E-state index in [9.17, 15) is 0 Å². The van der Waals surface area contributed by atoms with Crippen LogP contribution in [0.3, 0.4) is 0 Å². The Morgan fingerprint density at radius 1 is 1.33 bits per heavy atom. The molecule has 1 saturated carbocycles. The van der Waals surface area contributed by atoms with E-state index in [-0.39, 0.29) is 0 Å². The Bertz CT molecular complexity index is 344. The van der Waals surface area contributed by atoms with E-state index in [1.165, 1.54) is 17.7 Å². The van der Waals surface area contributed by atoms with Crippen LogP contribution in [-0.2, 0) is 0 Å². The molecule has 0 amide bonds. The Morgan fingerprint density at radius 3 is 2.53 bits per heavy atom. The van der Waals surface area contributed by atoms with Crippen LogP contribution < -0.4 is 10.6 Å². The van der Waals surface area contributed by atoms with Gasteiger partial charge >= 0.3 is 0 Å². The smallest absolute Gasteiger partial charge is 0.170 e. The fraction of sp³-hybridized carbons (Fsp3) is 0.364. The van der Waals surface area contributed by atoms with Crippen LogP contribution in [0, 0.1) is 0 Å². The molecule has 1 aromatic carbocycles. The van der Waals surface area contributed by atoms with E-state index in [1.807, 2.05) is 12.1 Å². The van der Waals surface area contributed by atoms with Crippen molar-refractivity contribution in [1.82, 2.24) is 5.32 Å². The van der Waals surface area contributed by atoms with E-state index in [1.54, 1.807) is 11.8 Å². The third kappa shape index (κ3) is 3.39. The Morgan fingerprint density at radius 2 is 2.00 bits per heavy atom. The summed E-state index contributed by atoms with van der Waals surface area (Å²) in [5, 5.41) is 7.15.